The van der Waals surface area contributed by atoms with Gasteiger partial charge in [0.2, 0.25) is 0 Å². The normalized spacial score (nSPS) is 18.9. The lowest BCUT2D eigenvalue weighted by molar-refractivity contribution is 0.0598. The number of ether oxygens (including phenoxy) is 2. The lowest BCUT2D eigenvalue weighted by Crippen LogP contribution is -2.35. The largest absolute Gasteiger partial charge is 0.491 e. The second-order valence-corrected chi connectivity index (χ2v) is 7.13. The van der Waals surface area contributed by atoms with Gasteiger partial charge >= 0.3 is 5.97 Å². The molecule has 25 heavy (non-hydrogen) atoms. The number of carbonyl (C=O) groups is 1. The van der Waals surface area contributed by atoms with Crippen LogP contribution in [0.1, 0.15) is 34.1 Å². The van der Waals surface area contributed by atoms with Gasteiger partial charge < -0.3 is 14.6 Å². The topological polar surface area (TPSA) is 59.0 Å². The summed E-state index contributed by atoms with van der Waals surface area (Å²) in [6, 6.07) is 11.4. The van der Waals surface area contributed by atoms with Crippen LogP contribution in [0.4, 0.5) is 0 Å². The average molecular weight is 361 g/mol. The maximum Gasteiger partial charge on any atom is 0.337 e. The first-order valence-electron chi connectivity index (χ1n) is 8.44. The average Bonchev–Trinajstić information content (AvgIpc) is 3.31. The van der Waals surface area contributed by atoms with Crippen molar-refractivity contribution in [2.45, 2.75) is 25.0 Å². The second kappa shape index (κ2) is 8.47. The third-order valence-electron chi connectivity index (χ3n) is 4.40. The number of aliphatic hydroxyl groups excluding tert-OH is 1. The van der Waals surface area contributed by atoms with Gasteiger partial charge in [-0.25, -0.2) is 4.79 Å². The molecule has 0 saturated carbocycles. The van der Waals surface area contributed by atoms with Crippen molar-refractivity contribution < 1.29 is 19.4 Å². The fraction of sp³-hybridized carbons (Fsp3) is 0.421. The molecule has 0 spiro atoms. The molecule has 2 atom stereocenters. The Hall–Kier alpha value is -1.89. The summed E-state index contributed by atoms with van der Waals surface area (Å²) in [5, 5.41) is 12.4. The Morgan fingerprint density at radius 1 is 1.36 bits per heavy atom. The molecule has 6 heteroatoms. The second-order valence-electron chi connectivity index (χ2n) is 6.15. The molecule has 3 rings (SSSR count). The maximum absolute atomic E-state index is 11.4. The van der Waals surface area contributed by atoms with Gasteiger partial charge in [-0.15, -0.1) is 11.3 Å². The van der Waals surface area contributed by atoms with E-state index in [1.165, 1.54) is 12.0 Å². The van der Waals surface area contributed by atoms with Gasteiger partial charge in [0, 0.05) is 17.5 Å². The summed E-state index contributed by atoms with van der Waals surface area (Å²) < 4.78 is 10.3. The van der Waals surface area contributed by atoms with Crippen molar-refractivity contribution in [2.24, 2.45) is 0 Å². The molecule has 2 heterocycles. The van der Waals surface area contributed by atoms with Crippen molar-refractivity contribution in [3.8, 4) is 5.75 Å². The molecule has 1 aromatic heterocycles. The molecule has 1 fully saturated rings. The summed E-state index contributed by atoms with van der Waals surface area (Å²) in [5.41, 5.74) is 0.478. The third kappa shape index (κ3) is 4.60. The van der Waals surface area contributed by atoms with Crippen LogP contribution in [0.3, 0.4) is 0 Å². The lowest BCUT2D eigenvalue weighted by atomic mass is 10.2. The number of thiophene rings is 1. The summed E-state index contributed by atoms with van der Waals surface area (Å²) in [5.74, 6) is 0.253. The van der Waals surface area contributed by atoms with Crippen LogP contribution >= 0.6 is 11.3 Å². The van der Waals surface area contributed by atoms with E-state index in [2.05, 4.69) is 27.1 Å². The first kappa shape index (κ1) is 17.9. The van der Waals surface area contributed by atoms with E-state index in [0.29, 0.717) is 23.9 Å². The van der Waals surface area contributed by atoms with Crippen LogP contribution in [0.5, 0.6) is 5.75 Å². The molecular formula is C19H23NO4S. The van der Waals surface area contributed by atoms with E-state index in [0.717, 1.165) is 19.4 Å². The number of esters is 1. The monoisotopic (exact) mass is 361 g/mol. The molecular weight excluding hydrogens is 338 g/mol. The van der Waals surface area contributed by atoms with Crippen LogP contribution in [0, 0.1) is 0 Å². The first-order chi connectivity index (χ1) is 12.2. The van der Waals surface area contributed by atoms with E-state index < -0.39 is 6.10 Å². The standard InChI is InChI=1S/C19H23NO4S/c1-23-19(22)14-6-8-16(9-7-14)24-13-15(21)12-20-10-2-4-17(20)18-5-3-11-25-18/h3,5-9,11,15,17,21H,2,4,10,12-13H2,1H3/t15-,17+/m1/s1. The highest BCUT2D eigenvalue weighted by Crippen LogP contribution is 2.34. The summed E-state index contributed by atoms with van der Waals surface area (Å²) in [6.45, 7) is 1.83. The number of hydrogen-bond donors (Lipinski definition) is 1. The number of aliphatic hydroxyl groups is 1. The Kier molecular flexibility index (Phi) is 6.07. The fourth-order valence-corrected chi connectivity index (χ4v) is 4.06. The molecule has 2 aromatic rings. The number of hydrogen-bond acceptors (Lipinski definition) is 6. The highest BCUT2D eigenvalue weighted by Gasteiger charge is 2.28. The van der Waals surface area contributed by atoms with Gasteiger partial charge in [-0.1, -0.05) is 6.07 Å². The zero-order valence-electron chi connectivity index (χ0n) is 14.3. The van der Waals surface area contributed by atoms with Crippen molar-refractivity contribution >= 4 is 17.3 Å². The van der Waals surface area contributed by atoms with Gasteiger partial charge in [-0.05, 0) is 55.1 Å². The minimum Gasteiger partial charge on any atom is -0.491 e. The molecule has 134 valence electrons. The predicted octanol–water partition coefficient (Wildman–Crippen LogP) is 3.11. The minimum atomic E-state index is -0.555. The summed E-state index contributed by atoms with van der Waals surface area (Å²) in [6.07, 6.45) is 1.75. The Balaban J connectivity index is 1.49. The van der Waals surface area contributed by atoms with Crippen molar-refractivity contribution in [1.82, 2.24) is 4.90 Å². The molecule has 1 N–H and O–H groups in total. The highest BCUT2D eigenvalue weighted by atomic mass is 32.1. The van der Waals surface area contributed by atoms with Crippen LogP contribution in [0.25, 0.3) is 0 Å². The number of rotatable bonds is 7. The van der Waals surface area contributed by atoms with Crippen molar-refractivity contribution in [2.75, 3.05) is 26.8 Å². The summed E-state index contributed by atoms with van der Waals surface area (Å²) >= 11 is 1.77. The molecule has 1 aromatic carbocycles. The van der Waals surface area contributed by atoms with Gasteiger partial charge in [0.15, 0.2) is 0 Å². The van der Waals surface area contributed by atoms with Crippen molar-refractivity contribution in [3.05, 3.63) is 52.2 Å². The molecule has 0 amide bonds. The van der Waals surface area contributed by atoms with Crippen LogP contribution < -0.4 is 4.74 Å². The fourth-order valence-electron chi connectivity index (χ4n) is 3.17. The predicted molar refractivity (Wildman–Crippen MR) is 97.2 cm³/mol. The number of carbonyl (C=O) groups excluding carboxylic acids is 1. The lowest BCUT2D eigenvalue weighted by Gasteiger charge is -2.26. The van der Waals surface area contributed by atoms with E-state index >= 15 is 0 Å². The quantitative estimate of drug-likeness (QED) is 0.768. The van der Waals surface area contributed by atoms with Gasteiger partial charge in [0.05, 0.1) is 12.7 Å². The zero-order chi connectivity index (χ0) is 17.6. The molecule has 1 aliphatic heterocycles. The Morgan fingerprint density at radius 3 is 2.84 bits per heavy atom. The maximum atomic E-state index is 11.4. The SMILES string of the molecule is COC(=O)c1ccc(OC[C@H](O)CN2CCC[C@H]2c2cccs2)cc1. The van der Waals surface area contributed by atoms with Crippen molar-refractivity contribution in [3.63, 3.8) is 0 Å². The van der Waals surface area contributed by atoms with Crippen LogP contribution in [0.15, 0.2) is 41.8 Å². The Bertz CT molecular complexity index is 671. The van der Waals surface area contributed by atoms with Crippen LogP contribution in [0.2, 0.25) is 0 Å². The molecule has 0 aliphatic carbocycles. The Morgan fingerprint density at radius 2 is 2.16 bits per heavy atom. The molecule has 0 bridgehead atoms. The van der Waals surface area contributed by atoms with Gasteiger partial charge in [0.1, 0.15) is 18.5 Å². The van der Waals surface area contributed by atoms with Crippen molar-refractivity contribution in [1.29, 1.82) is 0 Å². The number of benzene rings is 1. The van der Waals surface area contributed by atoms with Gasteiger partial charge in [0.25, 0.3) is 0 Å². The van der Waals surface area contributed by atoms with E-state index in [1.807, 2.05) is 0 Å². The highest BCUT2D eigenvalue weighted by molar-refractivity contribution is 7.10. The molecule has 1 aliphatic rings. The molecule has 0 unspecified atom stereocenters. The molecule has 1 saturated heterocycles. The van der Waals surface area contributed by atoms with E-state index in [9.17, 15) is 9.90 Å². The minimum absolute atomic E-state index is 0.227. The number of nitrogens with zero attached hydrogens (tertiary/aromatic N) is 1. The van der Waals surface area contributed by atoms with Gasteiger partial charge in [-0.3, -0.25) is 4.90 Å². The Labute approximate surface area is 151 Å². The van der Waals surface area contributed by atoms with E-state index in [1.54, 1.807) is 35.6 Å². The third-order valence-corrected chi connectivity index (χ3v) is 5.37. The zero-order valence-corrected chi connectivity index (χ0v) is 15.1. The first-order valence-corrected chi connectivity index (χ1v) is 9.32. The summed E-state index contributed by atoms with van der Waals surface area (Å²) in [4.78, 5) is 15.1. The van der Waals surface area contributed by atoms with Gasteiger partial charge in [-0.2, -0.15) is 0 Å². The van der Waals surface area contributed by atoms with E-state index in [4.69, 9.17) is 4.74 Å². The van der Waals surface area contributed by atoms with E-state index in [-0.39, 0.29) is 12.6 Å². The number of likely N-dealkylation sites (tertiary alicyclic amines) is 1. The smallest absolute Gasteiger partial charge is 0.337 e. The van der Waals surface area contributed by atoms with Crippen LogP contribution in [-0.2, 0) is 4.74 Å². The molecule has 0 radical (unpaired) electrons. The molecule has 5 nitrogen and oxygen atoms in total. The summed E-state index contributed by atoms with van der Waals surface area (Å²) in [7, 11) is 1.35. The number of methoxy groups -OCH3 is 1. The van der Waals surface area contributed by atoms with Crippen LogP contribution in [-0.4, -0.2) is 48.9 Å². The number of β-amino-alcohol motifs (C(OH)–C–C–N with tert-alkyl or cyclic N) is 1.